The van der Waals surface area contributed by atoms with Gasteiger partial charge in [0.05, 0.1) is 12.0 Å². The van der Waals surface area contributed by atoms with E-state index in [-0.39, 0.29) is 17.9 Å². The Balaban J connectivity index is 2.20. The Morgan fingerprint density at radius 1 is 1.44 bits per heavy atom. The van der Waals surface area contributed by atoms with Gasteiger partial charge in [-0.25, -0.2) is 0 Å². The van der Waals surface area contributed by atoms with Crippen LogP contribution in [0, 0.1) is 17.2 Å². The van der Waals surface area contributed by atoms with E-state index in [0.29, 0.717) is 19.5 Å². The molecule has 2 atom stereocenters. The first-order valence-electron chi connectivity index (χ1n) is 6.17. The van der Waals surface area contributed by atoms with Gasteiger partial charge in [0.15, 0.2) is 0 Å². The van der Waals surface area contributed by atoms with Crippen molar-refractivity contribution in [1.82, 2.24) is 10.6 Å². The van der Waals surface area contributed by atoms with E-state index < -0.39 is 0 Å². The molecule has 2 N–H and O–H groups in total. The molecule has 4 heteroatoms. The Morgan fingerprint density at radius 3 is 2.88 bits per heavy atom. The van der Waals surface area contributed by atoms with E-state index in [9.17, 15) is 4.79 Å². The van der Waals surface area contributed by atoms with E-state index in [4.69, 9.17) is 5.26 Å². The van der Waals surface area contributed by atoms with Crippen molar-refractivity contribution < 1.29 is 4.79 Å². The quantitative estimate of drug-likeness (QED) is 0.735. The first-order valence-corrected chi connectivity index (χ1v) is 6.17. The highest BCUT2D eigenvalue weighted by Crippen LogP contribution is 2.23. The van der Waals surface area contributed by atoms with Crippen LogP contribution in [-0.4, -0.2) is 25.0 Å². The summed E-state index contributed by atoms with van der Waals surface area (Å²) >= 11 is 0. The van der Waals surface area contributed by atoms with Crippen molar-refractivity contribution in [2.75, 3.05) is 13.1 Å². The minimum absolute atomic E-state index is 0.0827. The van der Waals surface area contributed by atoms with Gasteiger partial charge in [-0.15, -0.1) is 0 Å². The van der Waals surface area contributed by atoms with Crippen LogP contribution in [0.1, 0.15) is 39.0 Å². The summed E-state index contributed by atoms with van der Waals surface area (Å²) in [5, 5.41) is 15.1. The lowest BCUT2D eigenvalue weighted by molar-refractivity contribution is -0.120. The van der Waals surface area contributed by atoms with E-state index in [0.717, 1.165) is 19.3 Å². The summed E-state index contributed by atoms with van der Waals surface area (Å²) in [5.74, 6) is 0.210. The number of rotatable bonds is 5. The first-order chi connectivity index (χ1) is 7.77. The zero-order valence-corrected chi connectivity index (χ0v) is 9.96. The Hall–Kier alpha value is -1.08. The minimum atomic E-state index is 0.0827. The van der Waals surface area contributed by atoms with Crippen LogP contribution in [0.3, 0.4) is 0 Å². The summed E-state index contributed by atoms with van der Waals surface area (Å²) in [6, 6.07) is 2.64. The van der Waals surface area contributed by atoms with E-state index in [1.165, 1.54) is 6.42 Å². The standard InChI is InChI=1S/C12H21N3O/c1-2-14-12(16)7-8-15-11-6-4-3-5-10(11)9-13/h10-11,15H,2-8H2,1H3,(H,14,16). The van der Waals surface area contributed by atoms with Gasteiger partial charge in [-0.3, -0.25) is 4.79 Å². The molecule has 1 amide bonds. The Morgan fingerprint density at radius 2 is 2.19 bits per heavy atom. The van der Waals surface area contributed by atoms with E-state index >= 15 is 0 Å². The monoisotopic (exact) mass is 223 g/mol. The number of carbonyl (C=O) groups is 1. The molecule has 1 fully saturated rings. The van der Waals surface area contributed by atoms with Crippen molar-refractivity contribution >= 4 is 5.91 Å². The van der Waals surface area contributed by atoms with Crippen LogP contribution in [-0.2, 0) is 4.79 Å². The fourth-order valence-electron chi connectivity index (χ4n) is 2.19. The van der Waals surface area contributed by atoms with Gasteiger partial charge in [-0.2, -0.15) is 5.26 Å². The van der Waals surface area contributed by atoms with Crippen LogP contribution in [0.2, 0.25) is 0 Å². The number of nitriles is 1. The summed E-state index contributed by atoms with van der Waals surface area (Å²) < 4.78 is 0. The average molecular weight is 223 g/mol. The molecule has 0 bridgehead atoms. The van der Waals surface area contributed by atoms with Gasteiger partial charge in [0.25, 0.3) is 0 Å². The molecule has 0 heterocycles. The Bertz CT molecular complexity index is 259. The largest absolute Gasteiger partial charge is 0.356 e. The molecule has 0 spiro atoms. The number of hydrogen-bond acceptors (Lipinski definition) is 3. The van der Waals surface area contributed by atoms with Crippen molar-refractivity contribution in [2.24, 2.45) is 5.92 Å². The zero-order chi connectivity index (χ0) is 11.8. The van der Waals surface area contributed by atoms with Crippen molar-refractivity contribution in [3.05, 3.63) is 0 Å². The second-order valence-corrected chi connectivity index (χ2v) is 4.28. The van der Waals surface area contributed by atoms with E-state index in [2.05, 4.69) is 16.7 Å². The van der Waals surface area contributed by atoms with Gasteiger partial charge in [0.2, 0.25) is 5.91 Å². The highest BCUT2D eigenvalue weighted by atomic mass is 16.1. The molecule has 1 rings (SSSR count). The molecule has 0 saturated heterocycles. The van der Waals surface area contributed by atoms with Gasteiger partial charge < -0.3 is 10.6 Å². The number of nitrogens with zero attached hydrogens (tertiary/aromatic N) is 1. The molecule has 0 radical (unpaired) electrons. The summed E-state index contributed by atoms with van der Waals surface area (Å²) in [5.41, 5.74) is 0. The van der Waals surface area contributed by atoms with Gasteiger partial charge >= 0.3 is 0 Å². The van der Waals surface area contributed by atoms with Crippen LogP contribution in [0.4, 0.5) is 0 Å². The van der Waals surface area contributed by atoms with Crippen LogP contribution < -0.4 is 10.6 Å². The number of amides is 1. The molecule has 0 aromatic heterocycles. The number of carbonyl (C=O) groups excluding carboxylic acids is 1. The third kappa shape index (κ3) is 4.19. The fourth-order valence-corrected chi connectivity index (χ4v) is 2.19. The van der Waals surface area contributed by atoms with Crippen molar-refractivity contribution in [1.29, 1.82) is 5.26 Å². The van der Waals surface area contributed by atoms with E-state index in [1.54, 1.807) is 0 Å². The van der Waals surface area contributed by atoms with Crippen LogP contribution >= 0.6 is 0 Å². The summed E-state index contributed by atoms with van der Waals surface area (Å²) in [7, 11) is 0. The lowest BCUT2D eigenvalue weighted by atomic mass is 9.85. The Labute approximate surface area is 97.4 Å². The molecule has 1 aliphatic rings. The molecular weight excluding hydrogens is 202 g/mol. The molecule has 16 heavy (non-hydrogen) atoms. The summed E-state index contributed by atoms with van der Waals surface area (Å²) in [6.07, 6.45) is 4.91. The van der Waals surface area contributed by atoms with Crippen molar-refractivity contribution in [3.8, 4) is 6.07 Å². The van der Waals surface area contributed by atoms with Gasteiger partial charge in [0.1, 0.15) is 0 Å². The lowest BCUT2D eigenvalue weighted by Crippen LogP contribution is -2.39. The molecule has 0 aromatic carbocycles. The second kappa shape index (κ2) is 7.24. The Kier molecular flexibility index (Phi) is 5.87. The van der Waals surface area contributed by atoms with Crippen molar-refractivity contribution in [3.63, 3.8) is 0 Å². The second-order valence-electron chi connectivity index (χ2n) is 4.28. The third-order valence-corrected chi connectivity index (χ3v) is 3.06. The smallest absolute Gasteiger partial charge is 0.221 e. The maximum absolute atomic E-state index is 11.2. The molecule has 90 valence electrons. The fraction of sp³-hybridized carbons (Fsp3) is 0.833. The molecule has 4 nitrogen and oxygen atoms in total. The zero-order valence-electron chi connectivity index (χ0n) is 9.96. The van der Waals surface area contributed by atoms with Crippen molar-refractivity contribution in [2.45, 2.75) is 45.1 Å². The van der Waals surface area contributed by atoms with Crippen LogP contribution in [0.5, 0.6) is 0 Å². The molecule has 0 aliphatic heterocycles. The number of nitrogens with one attached hydrogen (secondary N) is 2. The van der Waals surface area contributed by atoms with Crippen LogP contribution in [0.15, 0.2) is 0 Å². The maximum atomic E-state index is 11.2. The van der Waals surface area contributed by atoms with E-state index in [1.807, 2.05) is 6.92 Å². The minimum Gasteiger partial charge on any atom is -0.356 e. The summed E-state index contributed by atoms with van der Waals surface area (Å²) in [6.45, 7) is 3.27. The molecule has 0 aromatic rings. The normalized spacial score (nSPS) is 24.8. The highest BCUT2D eigenvalue weighted by molar-refractivity contribution is 5.75. The summed E-state index contributed by atoms with van der Waals surface area (Å²) in [4.78, 5) is 11.2. The number of hydrogen-bond donors (Lipinski definition) is 2. The first kappa shape index (κ1) is 13.0. The predicted molar refractivity (Wildman–Crippen MR) is 62.7 cm³/mol. The maximum Gasteiger partial charge on any atom is 0.221 e. The molecule has 2 unspecified atom stereocenters. The van der Waals surface area contributed by atoms with Gasteiger partial charge in [-0.1, -0.05) is 12.8 Å². The SMILES string of the molecule is CCNC(=O)CCNC1CCCCC1C#N. The average Bonchev–Trinajstić information content (AvgIpc) is 2.30. The predicted octanol–water partition coefficient (Wildman–Crippen LogP) is 1.18. The molecular formula is C12H21N3O. The van der Waals surface area contributed by atoms with Crippen LogP contribution in [0.25, 0.3) is 0 Å². The van der Waals surface area contributed by atoms with Gasteiger partial charge in [0, 0.05) is 25.6 Å². The highest BCUT2D eigenvalue weighted by Gasteiger charge is 2.24. The van der Waals surface area contributed by atoms with Gasteiger partial charge in [-0.05, 0) is 19.8 Å². The molecule has 1 saturated carbocycles. The topological polar surface area (TPSA) is 64.9 Å². The lowest BCUT2D eigenvalue weighted by Gasteiger charge is -2.27. The molecule has 1 aliphatic carbocycles. The third-order valence-electron chi connectivity index (χ3n) is 3.06.